The van der Waals surface area contributed by atoms with Gasteiger partial charge in [-0.1, -0.05) is 0 Å². The average molecular weight is 350 g/mol. The quantitative estimate of drug-likeness (QED) is 0.596. The van der Waals surface area contributed by atoms with Crippen molar-refractivity contribution < 1.29 is 18.8 Å². The van der Waals surface area contributed by atoms with Crippen LogP contribution in [0.4, 0.5) is 4.39 Å². The molecule has 4 N–H and O–H groups in total. The van der Waals surface area contributed by atoms with E-state index < -0.39 is 11.7 Å². The third-order valence-corrected chi connectivity index (χ3v) is 4.07. The molecule has 1 heterocycles. The lowest BCUT2D eigenvalue weighted by Crippen LogP contribution is -2.46. The van der Waals surface area contributed by atoms with Crippen molar-refractivity contribution in [2.75, 3.05) is 32.7 Å². The Kier molecular flexibility index (Phi) is 6.88. The maximum absolute atomic E-state index is 12.8. The van der Waals surface area contributed by atoms with E-state index in [4.69, 9.17) is 5.73 Å². The number of primary amides is 1. The van der Waals surface area contributed by atoms with E-state index >= 15 is 0 Å². The maximum Gasteiger partial charge on any atom is 0.251 e. The zero-order valence-electron chi connectivity index (χ0n) is 14.0. The van der Waals surface area contributed by atoms with Gasteiger partial charge in [0, 0.05) is 25.2 Å². The van der Waals surface area contributed by atoms with Gasteiger partial charge in [0.2, 0.25) is 11.8 Å². The van der Waals surface area contributed by atoms with Crippen LogP contribution in [0.25, 0.3) is 0 Å². The molecule has 2 rings (SSSR count). The van der Waals surface area contributed by atoms with Crippen molar-refractivity contribution in [3.05, 3.63) is 35.6 Å². The first kappa shape index (κ1) is 18.9. The summed E-state index contributed by atoms with van der Waals surface area (Å²) in [6.45, 7) is 2.02. The number of hydrogen-bond donors (Lipinski definition) is 3. The number of benzene rings is 1. The maximum atomic E-state index is 12.8. The van der Waals surface area contributed by atoms with Gasteiger partial charge in [-0.25, -0.2) is 4.39 Å². The molecule has 1 unspecified atom stereocenters. The second-order valence-electron chi connectivity index (χ2n) is 6.09. The molecule has 1 aromatic rings. The molecule has 1 aromatic carbocycles. The summed E-state index contributed by atoms with van der Waals surface area (Å²) in [4.78, 5) is 36.9. The van der Waals surface area contributed by atoms with Crippen LogP contribution in [0.5, 0.6) is 0 Å². The van der Waals surface area contributed by atoms with Crippen molar-refractivity contribution in [3.63, 3.8) is 0 Å². The topological polar surface area (TPSA) is 105 Å². The largest absolute Gasteiger partial charge is 0.369 e. The number of nitrogens with zero attached hydrogens (tertiary/aromatic N) is 1. The molecule has 1 aliphatic rings. The van der Waals surface area contributed by atoms with Gasteiger partial charge in [0.05, 0.1) is 12.5 Å². The Labute approximate surface area is 145 Å². The van der Waals surface area contributed by atoms with E-state index in [2.05, 4.69) is 10.6 Å². The molecule has 1 aliphatic heterocycles. The van der Waals surface area contributed by atoms with Crippen molar-refractivity contribution in [1.82, 2.24) is 15.5 Å². The lowest BCUT2D eigenvalue weighted by atomic mass is 9.97. The van der Waals surface area contributed by atoms with Crippen LogP contribution in [-0.2, 0) is 9.59 Å². The van der Waals surface area contributed by atoms with E-state index in [1.54, 1.807) is 0 Å². The smallest absolute Gasteiger partial charge is 0.251 e. The number of nitrogens with two attached hydrogens (primary N) is 1. The molecule has 3 amide bonds. The molecule has 1 fully saturated rings. The van der Waals surface area contributed by atoms with Crippen LogP contribution >= 0.6 is 0 Å². The third kappa shape index (κ3) is 6.15. The fourth-order valence-corrected chi connectivity index (χ4v) is 2.84. The summed E-state index contributed by atoms with van der Waals surface area (Å²) < 4.78 is 12.8. The average Bonchev–Trinajstić information content (AvgIpc) is 2.58. The number of piperidine rings is 1. The minimum Gasteiger partial charge on any atom is -0.369 e. The predicted octanol–water partition coefficient (Wildman–Crippen LogP) is -0.131. The summed E-state index contributed by atoms with van der Waals surface area (Å²) in [5.74, 6) is -1.39. The normalized spacial score (nSPS) is 17.7. The van der Waals surface area contributed by atoms with Crippen LogP contribution in [-0.4, -0.2) is 55.3 Å². The number of rotatable bonds is 7. The minimum absolute atomic E-state index is 0.0924. The predicted molar refractivity (Wildman–Crippen MR) is 90.1 cm³/mol. The summed E-state index contributed by atoms with van der Waals surface area (Å²) in [5, 5.41) is 5.45. The molecule has 1 saturated heterocycles. The van der Waals surface area contributed by atoms with Gasteiger partial charge in [0.1, 0.15) is 5.82 Å². The molecular weight excluding hydrogens is 327 g/mol. The zero-order chi connectivity index (χ0) is 18.2. The highest BCUT2D eigenvalue weighted by Gasteiger charge is 2.26. The number of carbonyl (C=O) groups is 3. The van der Waals surface area contributed by atoms with Crippen molar-refractivity contribution >= 4 is 17.7 Å². The van der Waals surface area contributed by atoms with E-state index in [-0.39, 0.29) is 30.8 Å². The van der Waals surface area contributed by atoms with Crippen LogP contribution in [0.3, 0.4) is 0 Å². The number of halogens is 1. The van der Waals surface area contributed by atoms with Gasteiger partial charge in [-0.3, -0.25) is 19.3 Å². The number of hydrogen-bond acceptors (Lipinski definition) is 4. The van der Waals surface area contributed by atoms with Crippen molar-refractivity contribution in [2.24, 2.45) is 11.7 Å². The monoisotopic (exact) mass is 350 g/mol. The third-order valence-electron chi connectivity index (χ3n) is 4.07. The standard InChI is InChI=1S/C17H23FN4O3/c18-14-5-3-12(4-6-14)16(24)20-7-8-21-17(25)13-2-1-9-22(10-13)11-15(19)23/h3-6,13H,1-2,7-11H2,(H2,19,23)(H,20,24)(H,21,25). The van der Waals surface area contributed by atoms with Crippen LogP contribution in [0.2, 0.25) is 0 Å². The number of likely N-dealkylation sites (tertiary alicyclic amines) is 1. The Balaban J connectivity index is 1.68. The Morgan fingerprint density at radius 3 is 2.52 bits per heavy atom. The van der Waals surface area contributed by atoms with Gasteiger partial charge < -0.3 is 16.4 Å². The Bertz CT molecular complexity index is 621. The molecule has 25 heavy (non-hydrogen) atoms. The molecule has 0 saturated carbocycles. The number of amides is 3. The van der Waals surface area contributed by atoms with Crippen molar-refractivity contribution in [3.8, 4) is 0 Å². The van der Waals surface area contributed by atoms with Gasteiger partial charge in [-0.15, -0.1) is 0 Å². The molecule has 0 spiro atoms. The fourth-order valence-electron chi connectivity index (χ4n) is 2.84. The molecule has 0 bridgehead atoms. The van der Waals surface area contributed by atoms with E-state index in [1.807, 2.05) is 4.90 Å². The van der Waals surface area contributed by atoms with E-state index in [0.717, 1.165) is 19.4 Å². The lowest BCUT2D eigenvalue weighted by molar-refractivity contribution is -0.128. The molecule has 136 valence electrons. The van der Waals surface area contributed by atoms with E-state index in [1.165, 1.54) is 24.3 Å². The highest BCUT2D eigenvalue weighted by molar-refractivity contribution is 5.94. The minimum atomic E-state index is -0.401. The van der Waals surface area contributed by atoms with Crippen molar-refractivity contribution in [1.29, 1.82) is 0 Å². The number of nitrogens with one attached hydrogen (secondary N) is 2. The summed E-state index contributed by atoms with van der Waals surface area (Å²) in [6.07, 6.45) is 1.61. The molecule has 8 heteroatoms. The lowest BCUT2D eigenvalue weighted by Gasteiger charge is -2.30. The first-order valence-corrected chi connectivity index (χ1v) is 8.28. The molecular formula is C17H23FN4O3. The van der Waals surface area contributed by atoms with Crippen LogP contribution < -0.4 is 16.4 Å². The van der Waals surface area contributed by atoms with Crippen molar-refractivity contribution in [2.45, 2.75) is 12.8 Å². The van der Waals surface area contributed by atoms with E-state index in [0.29, 0.717) is 18.7 Å². The number of carbonyl (C=O) groups excluding carboxylic acids is 3. The van der Waals surface area contributed by atoms with E-state index in [9.17, 15) is 18.8 Å². The molecule has 0 radical (unpaired) electrons. The Hall–Kier alpha value is -2.48. The first-order chi connectivity index (χ1) is 12.0. The summed E-state index contributed by atoms with van der Waals surface area (Å²) >= 11 is 0. The molecule has 1 atom stereocenters. The molecule has 0 aromatic heterocycles. The van der Waals surface area contributed by atoms with Gasteiger partial charge in [0.15, 0.2) is 0 Å². The summed E-state index contributed by atoms with van der Waals surface area (Å²) in [6, 6.07) is 5.24. The van der Waals surface area contributed by atoms with Gasteiger partial charge in [-0.2, -0.15) is 0 Å². The van der Waals surface area contributed by atoms with Gasteiger partial charge >= 0.3 is 0 Å². The Morgan fingerprint density at radius 2 is 1.84 bits per heavy atom. The first-order valence-electron chi connectivity index (χ1n) is 8.28. The summed E-state index contributed by atoms with van der Waals surface area (Å²) in [5.41, 5.74) is 5.55. The van der Waals surface area contributed by atoms with Crippen LogP contribution in [0.15, 0.2) is 24.3 Å². The fraction of sp³-hybridized carbons (Fsp3) is 0.471. The molecule has 0 aliphatic carbocycles. The SMILES string of the molecule is NC(=O)CN1CCCC(C(=O)NCCNC(=O)c2ccc(F)cc2)C1. The highest BCUT2D eigenvalue weighted by atomic mass is 19.1. The van der Waals surface area contributed by atoms with Crippen LogP contribution in [0, 0.1) is 11.7 Å². The highest BCUT2D eigenvalue weighted by Crippen LogP contribution is 2.16. The van der Waals surface area contributed by atoms with Gasteiger partial charge in [0.25, 0.3) is 5.91 Å². The molecule has 7 nitrogen and oxygen atoms in total. The zero-order valence-corrected chi connectivity index (χ0v) is 14.0. The second kappa shape index (κ2) is 9.12. The Morgan fingerprint density at radius 1 is 1.16 bits per heavy atom. The summed E-state index contributed by atoms with van der Waals surface area (Å²) in [7, 11) is 0. The van der Waals surface area contributed by atoms with Crippen LogP contribution in [0.1, 0.15) is 23.2 Å². The second-order valence-corrected chi connectivity index (χ2v) is 6.09. The van der Waals surface area contributed by atoms with Gasteiger partial charge in [-0.05, 0) is 43.7 Å².